The average molecular weight is 115 g/mol. The van der Waals surface area contributed by atoms with E-state index in [2.05, 4.69) is 0 Å². The van der Waals surface area contributed by atoms with E-state index in [1.807, 2.05) is 0 Å². The molecule has 0 saturated heterocycles. The number of hydrogen-bond acceptors (Lipinski definition) is 3. The van der Waals surface area contributed by atoms with Crippen LogP contribution in [0.1, 0.15) is 6.42 Å². The van der Waals surface area contributed by atoms with Crippen LogP contribution in [0.4, 0.5) is 0 Å². The monoisotopic (exact) mass is 115 g/mol. The quantitative estimate of drug-likeness (QED) is 0.369. The van der Waals surface area contributed by atoms with E-state index in [0.717, 1.165) is 6.21 Å². The zero-order valence-electron chi connectivity index (χ0n) is 4.46. The van der Waals surface area contributed by atoms with E-state index in [1.54, 1.807) is 0 Å². The maximum Gasteiger partial charge on any atom is 0.129 e. The van der Waals surface area contributed by atoms with Gasteiger partial charge in [-0.15, -0.1) is 0 Å². The SMILES string of the molecule is N=CC(O)=CCCO. The number of nitrogens with one attached hydrogen (secondary N) is 1. The molecule has 0 aromatic rings. The first-order valence-electron chi connectivity index (χ1n) is 2.31. The third kappa shape index (κ3) is 3.36. The fourth-order valence-electron chi connectivity index (χ4n) is 0.271. The topological polar surface area (TPSA) is 64.3 Å². The van der Waals surface area contributed by atoms with E-state index < -0.39 is 0 Å². The molecule has 3 heteroatoms. The lowest BCUT2D eigenvalue weighted by molar-refractivity contribution is 0.300. The molecule has 46 valence electrons. The maximum absolute atomic E-state index is 8.50. The van der Waals surface area contributed by atoms with Crippen LogP contribution in [0.15, 0.2) is 11.8 Å². The molecule has 0 aromatic heterocycles. The highest BCUT2D eigenvalue weighted by atomic mass is 16.3. The van der Waals surface area contributed by atoms with E-state index in [1.165, 1.54) is 6.08 Å². The fourth-order valence-corrected chi connectivity index (χ4v) is 0.271. The van der Waals surface area contributed by atoms with Crippen LogP contribution >= 0.6 is 0 Å². The van der Waals surface area contributed by atoms with Crippen molar-refractivity contribution in [1.82, 2.24) is 0 Å². The summed E-state index contributed by atoms with van der Waals surface area (Å²) in [5.41, 5.74) is 0. The van der Waals surface area contributed by atoms with Gasteiger partial charge in [0.15, 0.2) is 0 Å². The molecule has 8 heavy (non-hydrogen) atoms. The largest absolute Gasteiger partial charge is 0.507 e. The summed E-state index contributed by atoms with van der Waals surface area (Å²) >= 11 is 0. The van der Waals surface area contributed by atoms with E-state index >= 15 is 0 Å². The van der Waals surface area contributed by atoms with Crippen molar-refractivity contribution in [2.75, 3.05) is 6.61 Å². The Hall–Kier alpha value is -0.830. The molecule has 0 saturated carbocycles. The first-order chi connectivity index (χ1) is 3.81. The highest BCUT2D eigenvalue weighted by Gasteiger charge is 1.80. The molecule has 0 aliphatic rings. The molecule has 0 aromatic carbocycles. The Bertz CT molecular complexity index is 98.6. The Morgan fingerprint density at radius 3 is 2.62 bits per heavy atom. The van der Waals surface area contributed by atoms with Gasteiger partial charge in [-0.05, 0) is 12.5 Å². The Morgan fingerprint density at radius 1 is 1.62 bits per heavy atom. The summed E-state index contributed by atoms with van der Waals surface area (Å²) in [6.45, 7) is 0.0118. The predicted molar refractivity (Wildman–Crippen MR) is 31.2 cm³/mol. The first-order valence-corrected chi connectivity index (χ1v) is 2.31. The van der Waals surface area contributed by atoms with Gasteiger partial charge in [-0.3, -0.25) is 0 Å². The lowest BCUT2D eigenvalue weighted by Gasteiger charge is -1.85. The number of rotatable bonds is 3. The van der Waals surface area contributed by atoms with Crippen molar-refractivity contribution in [2.24, 2.45) is 0 Å². The lowest BCUT2D eigenvalue weighted by Crippen LogP contribution is -1.82. The molecule has 3 nitrogen and oxygen atoms in total. The van der Waals surface area contributed by atoms with Crippen LogP contribution in [0.3, 0.4) is 0 Å². The van der Waals surface area contributed by atoms with Gasteiger partial charge in [0.05, 0.1) is 6.21 Å². The predicted octanol–water partition coefficient (Wildman–Crippen LogP) is 0.460. The summed E-state index contributed by atoms with van der Waals surface area (Å²) in [6.07, 6.45) is 2.61. The number of allylic oxidation sites excluding steroid dienone is 1. The third-order valence-electron chi connectivity index (χ3n) is 0.630. The van der Waals surface area contributed by atoms with Gasteiger partial charge in [-0.2, -0.15) is 0 Å². The van der Waals surface area contributed by atoms with E-state index in [9.17, 15) is 0 Å². The smallest absolute Gasteiger partial charge is 0.129 e. The number of aliphatic hydroxyl groups is 2. The van der Waals surface area contributed by atoms with Gasteiger partial charge in [0, 0.05) is 6.61 Å². The zero-order chi connectivity index (χ0) is 6.41. The second kappa shape index (κ2) is 4.33. The molecule has 0 fully saturated rings. The van der Waals surface area contributed by atoms with Gasteiger partial charge in [0.2, 0.25) is 0 Å². The Labute approximate surface area is 47.8 Å². The van der Waals surface area contributed by atoms with Gasteiger partial charge >= 0.3 is 0 Å². The van der Waals surface area contributed by atoms with Crippen molar-refractivity contribution in [1.29, 1.82) is 5.41 Å². The minimum atomic E-state index is -0.0981. The molecule has 0 aliphatic carbocycles. The fraction of sp³-hybridized carbons (Fsp3) is 0.400. The van der Waals surface area contributed by atoms with Crippen molar-refractivity contribution in [3.63, 3.8) is 0 Å². The molecular weight excluding hydrogens is 106 g/mol. The highest BCUT2D eigenvalue weighted by molar-refractivity contribution is 5.71. The summed E-state index contributed by atoms with van der Waals surface area (Å²) in [5, 5.41) is 23.1. The third-order valence-corrected chi connectivity index (χ3v) is 0.630. The molecule has 0 radical (unpaired) electrons. The lowest BCUT2D eigenvalue weighted by atomic mass is 10.4. The number of aliphatic hydroxyl groups excluding tert-OH is 2. The standard InChI is InChI=1S/C5H9NO2/c6-4-5(8)2-1-3-7/h2,4,6-8H,1,3H2. The molecule has 0 aliphatic heterocycles. The van der Waals surface area contributed by atoms with Crippen LogP contribution < -0.4 is 0 Å². The van der Waals surface area contributed by atoms with Crippen LogP contribution in [0, 0.1) is 5.41 Å². The second-order valence-electron chi connectivity index (χ2n) is 1.29. The molecule has 0 rings (SSSR count). The van der Waals surface area contributed by atoms with Gasteiger partial charge in [-0.1, -0.05) is 0 Å². The minimum absolute atomic E-state index is 0.0118. The molecule has 0 heterocycles. The molecule has 0 spiro atoms. The second-order valence-corrected chi connectivity index (χ2v) is 1.29. The highest BCUT2D eigenvalue weighted by Crippen LogP contribution is 1.84. The van der Waals surface area contributed by atoms with Crippen molar-refractivity contribution in [2.45, 2.75) is 6.42 Å². The van der Waals surface area contributed by atoms with Gasteiger partial charge in [0.25, 0.3) is 0 Å². The van der Waals surface area contributed by atoms with Crippen LogP contribution in [0.25, 0.3) is 0 Å². The summed E-state index contributed by atoms with van der Waals surface area (Å²) in [6, 6.07) is 0. The minimum Gasteiger partial charge on any atom is -0.507 e. The molecule has 0 bridgehead atoms. The average Bonchev–Trinajstić information content (AvgIpc) is 1.83. The molecular formula is C5H9NO2. The van der Waals surface area contributed by atoms with Gasteiger partial charge < -0.3 is 15.6 Å². The Kier molecular flexibility index (Phi) is 3.88. The maximum atomic E-state index is 8.50. The van der Waals surface area contributed by atoms with Crippen molar-refractivity contribution in [3.05, 3.63) is 11.8 Å². The molecule has 0 amide bonds. The van der Waals surface area contributed by atoms with Gasteiger partial charge in [-0.25, -0.2) is 0 Å². The molecule has 0 unspecified atom stereocenters. The first kappa shape index (κ1) is 7.17. The van der Waals surface area contributed by atoms with Crippen LogP contribution in [0.5, 0.6) is 0 Å². The number of hydrogen-bond donors (Lipinski definition) is 3. The van der Waals surface area contributed by atoms with E-state index in [-0.39, 0.29) is 12.4 Å². The van der Waals surface area contributed by atoms with E-state index in [4.69, 9.17) is 15.6 Å². The molecule has 0 atom stereocenters. The summed E-state index contributed by atoms with van der Waals surface area (Å²) in [5.74, 6) is -0.0981. The van der Waals surface area contributed by atoms with Crippen molar-refractivity contribution < 1.29 is 10.2 Å². The summed E-state index contributed by atoms with van der Waals surface area (Å²) < 4.78 is 0. The summed E-state index contributed by atoms with van der Waals surface area (Å²) in [4.78, 5) is 0. The van der Waals surface area contributed by atoms with Crippen LogP contribution in [-0.4, -0.2) is 23.0 Å². The zero-order valence-corrected chi connectivity index (χ0v) is 4.46. The Morgan fingerprint density at radius 2 is 2.25 bits per heavy atom. The molecule has 3 N–H and O–H groups in total. The normalized spacial score (nSPS) is 11.4. The van der Waals surface area contributed by atoms with Gasteiger partial charge in [0.1, 0.15) is 5.76 Å². The van der Waals surface area contributed by atoms with Crippen molar-refractivity contribution in [3.8, 4) is 0 Å². The Balaban J connectivity index is 3.40. The van der Waals surface area contributed by atoms with Crippen LogP contribution in [0.2, 0.25) is 0 Å². The van der Waals surface area contributed by atoms with Crippen LogP contribution in [-0.2, 0) is 0 Å². The van der Waals surface area contributed by atoms with Crippen molar-refractivity contribution >= 4 is 6.21 Å². The van der Waals surface area contributed by atoms with E-state index in [0.29, 0.717) is 6.42 Å². The summed E-state index contributed by atoms with van der Waals surface area (Å²) in [7, 11) is 0.